The molecule has 0 saturated carbocycles. The third kappa shape index (κ3) is 11.9. The van der Waals surface area contributed by atoms with E-state index < -0.39 is 0 Å². The van der Waals surface area contributed by atoms with Crippen molar-refractivity contribution in [2.45, 2.75) is 53.0 Å². The van der Waals surface area contributed by atoms with E-state index in [0.29, 0.717) is 11.8 Å². The second-order valence-corrected chi connectivity index (χ2v) is 8.38. The first-order valence-electron chi connectivity index (χ1n) is 11.5. The third-order valence-corrected chi connectivity index (χ3v) is 5.07. The second-order valence-electron chi connectivity index (χ2n) is 8.38. The normalized spacial score (nSPS) is 16.0. The van der Waals surface area contributed by atoms with Gasteiger partial charge in [0.15, 0.2) is 5.96 Å². The fourth-order valence-corrected chi connectivity index (χ4v) is 3.24. The predicted molar refractivity (Wildman–Crippen MR) is 139 cm³/mol. The van der Waals surface area contributed by atoms with Crippen LogP contribution in [0.4, 0.5) is 0 Å². The second kappa shape index (κ2) is 16.6. The highest BCUT2D eigenvalue weighted by molar-refractivity contribution is 14.0. The molecule has 1 unspecified atom stereocenters. The number of halogens is 1. The Bertz CT molecular complexity index is 605. The molecule has 2 N–H and O–H groups in total. The highest BCUT2D eigenvalue weighted by atomic mass is 127. The van der Waals surface area contributed by atoms with Crippen molar-refractivity contribution in [1.82, 2.24) is 10.6 Å². The van der Waals surface area contributed by atoms with Gasteiger partial charge in [-0.3, -0.25) is 4.99 Å². The summed E-state index contributed by atoms with van der Waals surface area (Å²) >= 11 is 0. The van der Waals surface area contributed by atoms with Crippen LogP contribution in [0.5, 0.6) is 5.75 Å². The van der Waals surface area contributed by atoms with Crippen LogP contribution in [0.25, 0.3) is 0 Å². The fourth-order valence-electron chi connectivity index (χ4n) is 3.24. The van der Waals surface area contributed by atoms with E-state index >= 15 is 0 Å². The molecule has 1 saturated heterocycles. The Morgan fingerprint density at radius 2 is 1.87 bits per heavy atom. The summed E-state index contributed by atoms with van der Waals surface area (Å²) in [6, 6.07) is 8.46. The molecule has 1 fully saturated rings. The first-order valence-corrected chi connectivity index (χ1v) is 11.5. The number of aliphatic imine (C=N–C) groups is 1. The lowest BCUT2D eigenvalue weighted by atomic mass is 10.0. The molecule has 1 aliphatic rings. The van der Waals surface area contributed by atoms with Gasteiger partial charge in [0.2, 0.25) is 0 Å². The van der Waals surface area contributed by atoms with Crippen molar-refractivity contribution in [3.05, 3.63) is 29.8 Å². The maximum Gasteiger partial charge on any atom is 0.191 e. The molecule has 0 bridgehead atoms. The van der Waals surface area contributed by atoms with E-state index in [0.717, 1.165) is 77.1 Å². The first-order chi connectivity index (χ1) is 14.6. The number of nitrogens with one attached hydrogen (secondary N) is 2. The van der Waals surface area contributed by atoms with Gasteiger partial charge in [0, 0.05) is 39.5 Å². The molecule has 1 atom stereocenters. The average molecular weight is 548 g/mol. The van der Waals surface area contributed by atoms with E-state index in [9.17, 15) is 0 Å². The van der Waals surface area contributed by atoms with Crippen LogP contribution in [0, 0.1) is 11.8 Å². The van der Waals surface area contributed by atoms with Crippen LogP contribution < -0.4 is 15.4 Å². The summed E-state index contributed by atoms with van der Waals surface area (Å²) in [6.45, 7) is 14.2. The molecule has 2 rings (SSSR count). The highest BCUT2D eigenvalue weighted by Gasteiger charge is 2.13. The smallest absolute Gasteiger partial charge is 0.191 e. The molecule has 6 nitrogen and oxygen atoms in total. The number of guanidine groups is 1. The fraction of sp³-hybridized carbons (Fsp3) is 0.708. The molecule has 0 aromatic heterocycles. The number of benzene rings is 1. The van der Waals surface area contributed by atoms with E-state index in [2.05, 4.69) is 50.5 Å². The largest absolute Gasteiger partial charge is 0.493 e. The van der Waals surface area contributed by atoms with Crippen molar-refractivity contribution in [1.29, 1.82) is 0 Å². The molecule has 1 aliphatic heterocycles. The third-order valence-electron chi connectivity index (χ3n) is 5.07. The summed E-state index contributed by atoms with van der Waals surface area (Å²) in [4.78, 5) is 4.70. The number of nitrogens with zero attached hydrogens (tertiary/aromatic N) is 1. The van der Waals surface area contributed by atoms with Crippen molar-refractivity contribution in [3.63, 3.8) is 0 Å². The molecular weight excluding hydrogens is 505 g/mol. The molecule has 1 aromatic rings. The Balaban J connectivity index is 0.00000480. The summed E-state index contributed by atoms with van der Waals surface area (Å²) < 4.78 is 17.0. The number of rotatable bonds is 12. The monoisotopic (exact) mass is 547 g/mol. The van der Waals surface area contributed by atoms with Gasteiger partial charge in [-0.2, -0.15) is 0 Å². The first kappa shape index (κ1) is 28.0. The van der Waals surface area contributed by atoms with Crippen LogP contribution in [-0.4, -0.2) is 52.1 Å². The SMILES string of the molecule is CCNC(=NCCCOCC1CCOCC1)NC(C)c1ccc(OCC(C)C)cc1.I. The molecule has 178 valence electrons. The zero-order valence-electron chi connectivity index (χ0n) is 19.7. The lowest BCUT2D eigenvalue weighted by molar-refractivity contribution is 0.0205. The van der Waals surface area contributed by atoms with Crippen LogP contribution in [0.2, 0.25) is 0 Å². The summed E-state index contributed by atoms with van der Waals surface area (Å²) in [6.07, 6.45) is 3.17. The van der Waals surface area contributed by atoms with Crippen molar-refractivity contribution in [2.24, 2.45) is 16.8 Å². The van der Waals surface area contributed by atoms with Gasteiger partial charge < -0.3 is 24.8 Å². The molecule has 0 amide bonds. The molecule has 1 heterocycles. The lowest BCUT2D eigenvalue weighted by Crippen LogP contribution is -2.38. The van der Waals surface area contributed by atoms with Gasteiger partial charge in [-0.25, -0.2) is 0 Å². The molecule has 0 radical (unpaired) electrons. The Kier molecular flexibility index (Phi) is 14.9. The van der Waals surface area contributed by atoms with Gasteiger partial charge in [0.05, 0.1) is 12.6 Å². The molecule has 0 spiro atoms. The van der Waals surface area contributed by atoms with Gasteiger partial charge in [0.1, 0.15) is 5.75 Å². The Labute approximate surface area is 205 Å². The van der Waals surface area contributed by atoms with Gasteiger partial charge in [-0.1, -0.05) is 26.0 Å². The van der Waals surface area contributed by atoms with Crippen LogP contribution in [0.3, 0.4) is 0 Å². The van der Waals surface area contributed by atoms with Crippen LogP contribution in [-0.2, 0) is 9.47 Å². The van der Waals surface area contributed by atoms with Crippen molar-refractivity contribution >= 4 is 29.9 Å². The average Bonchev–Trinajstić information content (AvgIpc) is 2.75. The van der Waals surface area contributed by atoms with Crippen LogP contribution in [0.15, 0.2) is 29.3 Å². The molecule has 7 heteroatoms. The summed E-state index contributed by atoms with van der Waals surface area (Å²) in [5, 5.41) is 6.82. The van der Waals surface area contributed by atoms with E-state index in [1.807, 2.05) is 12.1 Å². The Morgan fingerprint density at radius 1 is 1.16 bits per heavy atom. The number of hydrogen-bond donors (Lipinski definition) is 2. The van der Waals surface area contributed by atoms with Gasteiger partial charge in [-0.05, 0) is 62.6 Å². The summed E-state index contributed by atoms with van der Waals surface area (Å²) in [5.74, 6) is 2.94. The van der Waals surface area contributed by atoms with Crippen molar-refractivity contribution in [3.8, 4) is 5.75 Å². The lowest BCUT2D eigenvalue weighted by Gasteiger charge is -2.21. The zero-order chi connectivity index (χ0) is 21.6. The molecular formula is C24H42IN3O3. The van der Waals surface area contributed by atoms with Crippen LogP contribution >= 0.6 is 24.0 Å². The van der Waals surface area contributed by atoms with Crippen molar-refractivity contribution < 1.29 is 14.2 Å². The van der Waals surface area contributed by atoms with E-state index in [4.69, 9.17) is 19.2 Å². The Hall–Kier alpha value is -1.06. The van der Waals surface area contributed by atoms with Gasteiger partial charge >= 0.3 is 0 Å². The zero-order valence-corrected chi connectivity index (χ0v) is 22.0. The minimum absolute atomic E-state index is 0. The Morgan fingerprint density at radius 3 is 2.52 bits per heavy atom. The van der Waals surface area contributed by atoms with Gasteiger partial charge in [0.25, 0.3) is 0 Å². The van der Waals surface area contributed by atoms with E-state index in [1.165, 1.54) is 5.56 Å². The number of ether oxygens (including phenoxy) is 3. The van der Waals surface area contributed by atoms with E-state index in [-0.39, 0.29) is 30.0 Å². The van der Waals surface area contributed by atoms with E-state index in [1.54, 1.807) is 0 Å². The molecule has 1 aromatic carbocycles. The number of hydrogen-bond acceptors (Lipinski definition) is 4. The summed E-state index contributed by atoms with van der Waals surface area (Å²) in [7, 11) is 0. The van der Waals surface area contributed by atoms with Crippen molar-refractivity contribution in [2.75, 3.05) is 46.1 Å². The summed E-state index contributed by atoms with van der Waals surface area (Å²) in [5.41, 5.74) is 1.21. The standard InChI is InChI=1S/C24H41N3O3.HI/c1-5-25-24(26-13-6-14-29-18-21-11-15-28-16-12-21)27-20(4)22-7-9-23(10-8-22)30-17-19(2)3;/h7-10,19-21H,5-6,11-18H2,1-4H3,(H2,25,26,27);1H. The topological polar surface area (TPSA) is 64.1 Å². The predicted octanol–water partition coefficient (Wildman–Crippen LogP) is 4.79. The minimum atomic E-state index is 0. The minimum Gasteiger partial charge on any atom is -0.493 e. The highest BCUT2D eigenvalue weighted by Crippen LogP contribution is 2.18. The molecule has 31 heavy (non-hydrogen) atoms. The maximum absolute atomic E-state index is 5.83. The quantitative estimate of drug-likeness (QED) is 0.171. The maximum atomic E-state index is 5.83. The molecule has 0 aliphatic carbocycles. The van der Waals surface area contributed by atoms with Gasteiger partial charge in [-0.15, -0.1) is 24.0 Å². The van der Waals surface area contributed by atoms with Crippen LogP contribution in [0.1, 0.15) is 58.6 Å².